The lowest BCUT2D eigenvalue weighted by atomic mass is 9.93. The van der Waals surface area contributed by atoms with Gasteiger partial charge >= 0.3 is 7.60 Å². The van der Waals surface area contributed by atoms with Crippen LogP contribution in [-0.4, -0.2) is 64.5 Å². The Morgan fingerprint density at radius 1 is 1.45 bits per heavy atom. The summed E-state index contributed by atoms with van der Waals surface area (Å²) in [5, 5.41) is 30.6. The molecule has 7 atom stereocenters. The molecule has 0 radical (unpaired) electrons. The number of halogens is 1. The zero-order valence-corrected chi connectivity index (χ0v) is 20.1. The zero-order chi connectivity index (χ0) is 24.9. The molecule has 1 saturated heterocycles. The summed E-state index contributed by atoms with van der Waals surface area (Å²) in [7, 11) is -4.37. The summed E-state index contributed by atoms with van der Waals surface area (Å²) in [5.41, 5.74) is -2.14. The Morgan fingerprint density at radius 2 is 2.09 bits per heavy atom. The van der Waals surface area contributed by atoms with Crippen LogP contribution in [-0.2, 0) is 13.8 Å². The topological polar surface area (TPSA) is 167 Å². The summed E-state index contributed by atoms with van der Waals surface area (Å²) in [6.07, 6.45) is -3.97. The van der Waals surface area contributed by atoms with E-state index >= 15 is 0 Å². The fourth-order valence-corrected chi connectivity index (χ4v) is 4.86. The molecule has 0 aromatic carbocycles. The zero-order valence-electron chi connectivity index (χ0n) is 18.4. The van der Waals surface area contributed by atoms with E-state index in [1.807, 2.05) is 0 Å². The number of aliphatic hydroxyl groups excluding tert-OH is 3. The van der Waals surface area contributed by atoms with Gasteiger partial charge < -0.3 is 34.5 Å². The fraction of sp³-hybridized carbons (Fsp3) is 0.632. The van der Waals surface area contributed by atoms with Gasteiger partial charge in [0.25, 0.3) is 0 Å². The maximum Gasteiger partial charge on any atom is 0.356 e. The molecule has 5 N–H and O–H groups in total. The molecule has 14 heteroatoms. The van der Waals surface area contributed by atoms with Gasteiger partial charge in [-0.25, -0.2) is 9.37 Å². The second-order valence-electron chi connectivity index (χ2n) is 8.43. The summed E-state index contributed by atoms with van der Waals surface area (Å²) >= 11 is 5.24. The Bertz CT molecular complexity index is 1220. The average Bonchev–Trinajstić information content (AvgIpc) is 2.99. The predicted molar refractivity (Wildman–Crippen MR) is 118 cm³/mol. The maximum absolute atomic E-state index is 14.1. The lowest BCUT2D eigenvalue weighted by Crippen LogP contribution is -2.39. The van der Waals surface area contributed by atoms with Gasteiger partial charge in [-0.1, -0.05) is 6.92 Å². The third kappa shape index (κ3) is 4.96. The van der Waals surface area contributed by atoms with Crippen molar-refractivity contribution < 1.29 is 38.4 Å². The molecule has 2 aromatic rings. The van der Waals surface area contributed by atoms with E-state index in [0.717, 1.165) is 11.5 Å². The van der Waals surface area contributed by atoms with Crippen LogP contribution in [0.3, 0.4) is 0 Å². The molecule has 3 heterocycles. The molecule has 0 bridgehead atoms. The first kappa shape index (κ1) is 26.0. The van der Waals surface area contributed by atoms with Gasteiger partial charge in [-0.05, 0) is 39.4 Å². The van der Waals surface area contributed by atoms with Crippen LogP contribution in [0.15, 0.2) is 11.0 Å². The van der Waals surface area contributed by atoms with Gasteiger partial charge in [-0.3, -0.25) is 13.9 Å². The highest BCUT2D eigenvalue weighted by Crippen LogP contribution is 2.52. The van der Waals surface area contributed by atoms with Crippen molar-refractivity contribution in [1.82, 2.24) is 14.5 Å². The third-order valence-electron chi connectivity index (χ3n) is 5.85. The fourth-order valence-electron chi connectivity index (χ4n) is 3.63. The minimum absolute atomic E-state index is 0.00277. The van der Waals surface area contributed by atoms with Crippen molar-refractivity contribution in [3.63, 3.8) is 0 Å². The van der Waals surface area contributed by atoms with Gasteiger partial charge in [-0.2, -0.15) is 0 Å². The number of H-pyrrole nitrogens is 1. The van der Waals surface area contributed by atoms with E-state index in [4.69, 9.17) is 21.5 Å². The van der Waals surface area contributed by atoms with Gasteiger partial charge in [-0.15, -0.1) is 0 Å². The summed E-state index contributed by atoms with van der Waals surface area (Å²) in [4.78, 5) is 29.0. The molecule has 4 unspecified atom stereocenters. The number of rotatable bonds is 7. The summed E-state index contributed by atoms with van der Waals surface area (Å²) in [6, 6.07) is 0. The summed E-state index contributed by atoms with van der Waals surface area (Å²) in [5.74, 6) is -2.61. The minimum Gasteiger partial charge on any atom is -0.388 e. The molecule has 0 saturated carbocycles. The second kappa shape index (κ2) is 9.23. The van der Waals surface area contributed by atoms with Crippen LogP contribution in [0.2, 0.25) is 0 Å². The van der Waals surface area contributed by atoms with Crippen LogP contribution in [0.1, 0.15) is 45.5 Å². The molecule has 1 aliphatic rings. The van der Waals surface area contributed by atoms with Crippen LogP contribution < -0.4 is 5.43 Å². The number of nitrogens with zero attached hydrogens (tertiary/aromatic N) is 2. The number of hydrogen-bond donors (Lipinski definition) is 5. The van der Waals surface area contributed by atoms with Crippen molar-refractivity contribution in [2.45, 2.75) is 76.5 Å². The van der Waals surface area contributed by atoms with E-state index in [1.165, 1.54) is 20.0 Å². The number of pyridine rings is 1. The molecule has 184 valence electrons. The van der Waals surface area contributed by atoms with E-state index < -0.39 is 54.8 Å². The highest BCUT2D eigenvalue weighted by molar-refractivity contribution is 7.71. The van der Waals surface area contributed by atoms with Crippen molar-refractivity contribution >= 4 is 30.8 Å². The Kier molecular flexibility index (Phi) is 7.29. The molecule has 1 fully saturated rings. The van der Waals surface area contributed by atoms with E-state index in [2.05, 4.69) is 9.97 Å². The second-order valence-corrected chi connectivity index (χ2v) is 10.9. The first-order valence-electron chi connectivity index (χ1n) is 10.2. The van der Waals surface area contributed by atoms with Crippen molar-refractivity contribution in [3.8, 4) is 0 Å². The molecular formula is C19H27FN3O8PS. The summed E-state index contributed by atoms with van der Waals surface area (Å²) < 4.78 is 38.4. The minimum atomic E-state index is -4.37. The Labute approximate surface area is 193 Å². The largest absolute Gasteiger partial charge is 0.388 e. The molecule has 1 aliphatic heterocycles. The van der Waals surface area contributed by atoms with Crippen molar-refractivity contribution in [3.05, 3.63) is 32.7 Å². The normalized spacial score (nSPS) is 27.9. The Morgan fingerprint density at radius 3 is 2.67 bits per heavy atom. The quantitative estimate of drug-likeness (QED) is 0.274. The number of aromatic amines is 1. The van der Waals surface area contributed by atoms with Crippen LogP contribution >= 0.6 is 19.8 Å². The molecule has 33 heavy (non-hydrogen) atoms. The number of hydrogen-bond acceptors (Lipinski definition) is 9. The first-order valence-corrected chi connectivity index (χ1v) is 12.3. The number of fused-ring (bicyclic) bond motifs is 1. The van der Waals surface area contributed by atoms with E-state index in [-0.39, 0.29) is 34.3 Å². The van der Waals surface area contributed by atoms with Gasteiger partial charge in [0.15, 0.2) is 17.9 Å². The van der Waals surface area contributed by atoms with Crippen LogP contribution in [0.5, 0.6) is 0 Å². The number of nitrogens with one attached hydrogen (secondary N) is 1. The van der Waals surface area contributed by atoms with Gasteiger partial charge in [0.1, 0.15) is 17.9 Å². The first-order chi connectivity index (χ1) is 15.2. The lowest BCUT2D eigenvalue weighted by molar-refractivity contribution is -0.0685. The van der Waals surface area contributed by atoms with E-state index in [0.29, 0.717) is 0 Å². The van der Waals surface area contributed by atoms with Crippen molar-refractivity contribution in [2.24, 2.45) is 0 Å². The van der Waals surface area contributed by atoms with Crippen molar-refractivity contribution in [2.75, 3.05) is 0 Å². The van der Waals surface area contributed by atoms with Crippen LogP contribution in [0.4, 0.5) is 4.39 Å². The van der Waals surface area contributed by atoms with Crippen LogP contribution in [0, 0.1) is 17.5 Å². The molecule has 0 amide bonds. The molecule has 2 aromatic heterocycles. The summed E-state index contributed by atoms with van der Waals surface area (Å²) in [6.45, 7) is 5.70. The number of aromatic nitrogens is 3. The van der Waals surface area contributed by atoms with E-state index in [1.54, 1.807) is 6.92 Å². The molecule has 3 rings (SSSR count). The van der Waals surface area contributed by atoms with Gasteiger partial charge in [0, 0.05) is 12.6 Å². The average molecular weight is 507 g/mol. The molecular weight excluding hydrogens is 480 g/mol. The molecule has 11 nitrogen and oxygen atoms in total. The molecule has 0 spiro atoms. The smallest absolute Gasteiger partial charge is 0.356 e. The lowest BCUT2D eigenvalue weighted by Gasteiger charge is -2.34. The predicted octanol–water partition coefficient (Wildman–Crippen LogP) is 1.62. The third-order valence-corrected chi connectivity index (χ3v) is 7.80. The van der Waals surface area contributed by atoms with Gasteiger partial charge in [0.2, 0.25) is 10.2 Å². The SMILES string of the molecule is CCC(C)(C[C@H]1O[C@@H](n2cc3c(=O)c(F)c(C)[nH]c3nc2=S)[C@@H](O)C1O)OP(=O)(O)C(C)O. The Hall–Kier alpha value is -1.57. The standard InChI is InChI=1S/C19H27FN3O8PS/c1-5-19(4,31-32(28,29)9(3)24)6-11-14(26)15(27)17(30-11)23-7-10-13(25)12(20)8(2)21-16(10)22-18(23)33/h7,9,11,14-15,17,24,26-27H,5-6H2,1-4H3,(H,28,29)(H,21,22,33)/t9?,11-,14?,15+,17-,19?/m1/s1. The Balaban J connectivity index is 1.94. The number of ether oxygens (including phenoxy) is 1. The highest BCUT2D eigenvalue weighted by atomic mass is 32.1. The van der Waals surface area contributed by atoms with Crippen LogP contribution in [0.25, 0.3) is 11.0 Å². The monoisotopic (exact) mass is 507 g/mol. The number of aryl methyl sites for hydroxylation is 1. The van der Waals surface area contributed by atoms with Gasteiger partial charge in [0.05, 0.1) is 22.8 Å². The maximum atomic E-state index is 14.1. The highest BCUT2D eigenvalue weighted by Gasteiger charge is 2.48. The van der Waals surface area contributed by atoms with Crippen molar-refractivity contribution in [1.29, 1.82) is 0 Å². The number of aliphatic hydroxyl groups is 3. The van der Waals surface area contributed by atoms with E-state index in [9.17, 15) is 34.0 Å². The molecule has 0 aliphatic carbocycles.